The summed E-state index contributed by atoms with van der Waals surface area (Å²) in [7, 11) is 0. The lowest BCUT2D eigenvalue weighted by Crippen LogP contribution is -2.14. The minimum absolute atomic E-state index is 0.360. The summed E-state index contributed by atoms with van der Waals surface area (Å²) in [5.41, 5.74) is 1.75. The zero-order valence-corrected chi connectivity index (χ0v) is 20.4. The molecule has 0 fully saturated rings. The van der Waals surface area contributed by atoms with Crippen molar-refractivity contribution in [2.75, 3.05) is 10.6 Å². The van der Waals surface area contributed by atoms with E-state index in [-0.39, 0.29) is 11.8 Å². The van der Waals surface area contributed by atoms with Gasteiger partial charge in [0.15, 0.2) is 0 Å². The Morgan fingerprint density at radius 2 is 1.62 bits per heavy atom. The van der Waals surface area contributed by atoms with Crippen LogP contribution in [0.25, 0.3) is 20.7 Å². The van der Waals surface area contributed by atoms with Crippen LogP contribution in [0.15, 0.2) is 72.8 Å². The highest BCUT2D eigenvalue weighted by Gasteiger charge is 2.18. The first-order chi connectivity index (χ1) is 16.5. The van der Waals surface area contributed by atoms with E-state index in [1.54, 1.807) is 42.5 Å². The Morgan fingerprint density at radius 1 is 0.794 bits per heavy atom. The van der Waals surface area contributed by atoms with Crippen molar-refractivity contribution < 1.29 is 9.59 Å². The molecule has 0 spiro atoms. The van der Waals surface area contributed by atoms with Crippen LogP contribution in [0.5, 0.6) is 0 Å². The van der Waals surface area contributed by atoms with Crippen LogP contribution in [0.4, 0.5) is 10.8 Å². The maximum atomic E-state index is 12.9. The van der Waals surface area contributed by atoms with Crippen molar-refractivity contribution in [1.29, 1.82) is 0 Å². The molecule has 2 N–H and O–H groups in total. The molecule has 0 aliphatic carbocycles. The van der Waals surface area contributed by atoms with E-state index in [9.17, 15) is 9.59 Å². The molecule has 2 heterocycles. The number of benzene rings is 3. The molecule has 0 saturated carbocycles. The van der Waals surface area contributed by atoms with Gasteiger partial charge in [-0.1, -0.05) is 77.0 Å². The van der Waals surface area contributed by atoms with Crippen molar-refractivity contribution in [2.24, 2.45) is 0 Å². The summed E-state index contributed by atoms with van der Waals surface area (Å²) in [5, 5.41) is 16.5. The second kappa shape index (κ2) is 9.52. The first-order valence-electron chi connectivity index (χ1n) is 9.97. The van der Waals surface area contributed by atoms with E-state index in [1.165, 1.54) is 22.7 Å². The first kappa shape index (κ1) is 22.5. The molecule has 2 aromatic heterocycles. The maximum Gasteiger partial charge on any atom is 0.267 e. The highest BCUT2D eigenvalue weighted by Crippen LogP contribution is 2.37. The third-order valence-corrected chi connectivity index (χ3v) is 7.63. The number of nitrogens with one attached hydrogen (secondary N) is 2. The number of aromatic nitrogens is 2. The molecule has 0 aliphatic rings. The Hall–Kier alpha value is -3.30. The quantitative estimate of drug-likeness (QED) is 0.254. The fraction of sp³-hybridized carbons (Fsp3) is 0. The summed E-state index contributed by atoms with van der Waals surface area (Å²) >= 11 is 15.0. The highest BCUT2D eigenvalue weighted by molar-refractivity contribution is 7.21. The summed E-state index contributed by atoms with van der Waals surface area (Å²) in [5.74, 6) is -0.724. The molecule has 0 saturated heterocycles. The molecule has 2 amide bonds. The normalized spacial score (nSPS) is 10.9. The number of fused-ring (bicyclic) bond motifs is 1. The topological polar surface area (TPSA) is 84.0 Å². The van der Waals surface area contributed by atoms with E-state index >= 15 is 0 Å². The van der Waals surface area contributed by atoms with E-state index < -0.39 is 0 Å². The average Bonchev–Trinajstić information content (AvgIpc) is 3.44. The third kappa shape index (κ3) is 4.67. The molecule has 0 bridgehead atoms. The largest absolute Gasteiger partial charge is 0.321 e. The standard InChI is InChI=1S/C24H14Cl2N4O2S2/c25-15-9-10-17-18(12-15)33-20(19(17)26)22(32)27-16-8-4-7-14(11-16)21(31)28-24-30-29-23(34-24)13-5-2-1-3-6-13/h1-12H,(H,27,32)(H,28,30,31). The van der Waals surface area contributed by atoms with Gasteiger partial charge in [-0.3, -0.25) is 14.9 Å². The van der Waals surface area contributed by atoms with Gasteiger partial charge in [0.1, 0.15) is 9.88 Å². The molecular formula is C24H14Cl2N4O2S2. The monoisotopic (exact) mass is 524 g/mol. The predicted molar refractivity (Wildman–Crippen MR) is 140 cm³/mol. The fourth-order valence-electron chi connectivity index (χ4n) is 3.25. The van der Waals surface area contributed by atoms with Gasteiger partial charge in [0.05, 0.1) is 5.02 Å². The van der Waals surface area contributed by atoms with Crippen LogP contribution in [0.3, 0.4) is 0 Å². The van der Waals surface area contributed by atoms with Gasteiger partial charge in [0.2, 0.25) is 5.13 Å². The molecule has 3 aromatic carbocycles. The number of hydrogen-bond donors (Lipinski definition) is 2. The molecule has 34 heavy (non-hydrogen) atoms. The maximum absolute atomic E-state index is 12.9. The number of thiophene rings is 1. The Labute approximate surface area is 212 Å². The van der Waals surface area contributed by atoms with Crippen LogP contribution in [0, 0.1) is 0 Å². The summed E-state index contributed by atoms with van der Waals surface area (Å²) in [6.07, 6.45) is 0. The molecule has 0 radical (unpaired) electrons. The van der Waals surface area contributed by atoms with Gasteiger partial charge < -0.3 is 5.32 Å². The van der Waals surface area contributed by atoms with Crippen LogP contribution >= 0.6 is 45.9 Å². The Morgan fingerprint density at radius 3 is 2.44 bits per heavy atom. The molecule has 0 unspecified atom stereocenters. The molecular weight excluding hydrogens is 511 g/mol. The predicted octanol–water partition coefficient (Wildman–Crippen LogP) is 7.23. The lowest BCUT2D eigenvalue weighted by atomic mass is 10.2. The summed E-state index contributed by atoms with van der Waals surface area (Å²) in [4.78, 5) is 26.0. The Bertz CT molecular complexity index is 1530. The third-order valence-electron chi connectivity index (χ3n) is 4.85. The number of amides is 2. The minimum Gasteiger partial charge on any atom is -0.321 e. The smallest absolute Gasteiger partial charge is 0.267 e. The summed E-state index contributed by atoms with van der Waals surface area (Å²) < 4.78 is 0.822. The molecule has 5 rings (SSSR count). The van der Waals surface area contributed by atoms with Gasteiger partial charge in [-0.2, -0.15) is 0 Å². The number of hydrogen-bond acceptors (Lipinski definition) is 6. The second-order valence-electron chi connectivity index (χ2n) is 7.15. The summed E-state index contributed by atoms with van der Waals surface area (Å²) in [6.45, 7) is 0. The highest BCUT2D eigenvalue weighted by atomic mass is 35.5. The number of halogens is 2. The van der Waals surface area contributed by atoms with Crippen molar-refractivity contribution >= 4 is 78.6 Å². The minimum atomic E-state index is -0.364. The lowest BCUT2D eigenvalue weighted by Gasteiger charge is -2.07. The van der Waals surface area contributed by atoms with Crippen molar-refractivity contribution in [3.8, 4) is 10.6 Å². The van der Waals surface area contributed by atoms with E-state index in [2.05, 4.69) is 20.8 Å². The van der Waals surface area contributed by atoms with Crippen molar-refractivity contribution in [1.82, 2.24) is 10.2 Å². The Balaban J connectivity index is 1.31. The van der Waals surface area contributed by atoms with Gasteiger partial charge in [0.25, 0.3) is 11.8 Å². The van der Waals surface area contributed by atoms with Crippen LogP contribution in [-0.2, 0) is 0 Å². The second-order valence-corrected chi connectivity index (χ2v) is 10.00. The van der Waals surface area contributed by atoms with Crippen LogP contribution in [0.2, 0.25) is 10.0 Å². The molecule has 0 atom stereocenters. The van der Waals surface area contributed by atoms with E-state index in [0.29, 0.717) is 36.3 Å². The van der Waals surface area contributed by atoms with Gasteiger partial charge in [-0.05, 0) is 30.3 Å². The molecule has 6 nitrogen and oxygen atoms in total. The van der Waals surface area contributed by atoms with Crippen molar-refractivity contribution in [3.05, 3.63) is 93.3 Å². The Kier molecular flexibility index (Phi) is 6.30. The van der Waals surface area contributed by atoms with Crippen LogP contribution in [0.1, 0.15) is 20.0 Å². The number of nitrogens with zero attached hydrogens (tertiary/aromatic N) is 2. The van der Waals surface area contributed by atoms with Crippen LogP contribution < -0.4 is 10.6 Å². The fourth-order valence-corrected chi connectivity index (χ4v) is 5.68. The molecule has 168 valence electrons. The zero-order chi connectivity index (χ0) is 23.7. The zero-order valence-electron chi connectivity index (χ0n) is 17.2. The SMILES string of the molecule is O=C(Nc1nnc(-c2ccccc2)s1)c1cccc(NC(=O)c2sc3cc(Cl)ccc3c2Cl)c1. The number of anilines is 2. The van der Waals surface area contributed by atoms with E-state index in [1.807, 2.05) is 30.3 Å². The van der Waals surface area contributed by atoms with Crippen molar-refractivity contribution in [2.45, 2.75) is 0 Å². The van der Waals surface area contributed by atoms with Gasteiger partial charge >= 0.3 is 0 Å². The van der Waals surface area contributed by atoms with Gasteiger partial charge in [-0.15, -0.1) is 21.5 Å². The lowest BCUT2D eigenvalue weighted by molar-refractivity contribution is 0.101. The van der Waals surface area contributed by atoms with Crippen molar-refractivity contribution in [3.63, 3.8) is 0 Å². The summed E-state index contributed by atoms with van der Waals surface area (Å²) in [6, 6.07) is 21.5. The van der Waals surface area contributed by atoms with Gasteiger partial charge in [-0.25, -0.2) is 0 Å². The number of rotatable bonds is 5. The number of carbonyl (C=O) groups is 2. The molecule has 0 aliphatic heterocycles. The molecule has 5 aromatic rings. The van der Waals surface area contributed by atoms with Gasteiger partial charge in [0, 0.05) is 31.9 Å². The van der Waals surface area contributed by atoms with E-state index in [0.717, 1.165) is 15.6 Å². The first-order valence-corrected chi connectivity index (χ1v) is 12.4. The number of carbonyl (C=O) groups excluding carboxylic acids is 2. The van der Waals surface area contributed by atoms with E-state index in [4.69, 9.17) is 23.2 Å². The van der Waals surface area contributed by atoms with Crippen LogP contribution in [-0.4, -0.2) is 22.0 Å². The molecule has 10 heteroatoms. The average molecular weight is 525 g/mol.